The highest BCUT2D eigenvalue weighted by atomic mass is 19.1. The van der Waals surface area contributed by atoms with Crippen molar-refractivity contribution >= 4 is 0 Å². The summed E-state index contributed by atoms with van der Waals surface area (Å²) in [5.41, 5.74) is 7.97. The average Bonchev–Trinajstić information content (AvgIpc) is 2.65. The van der Waals surface area contributed by atoms with Crippen molar-refractivity contribution < 1.29 is 4.39 Å². The van der Waals surface area contributed by atoms with Gasteiger partial charge in [0.15, 0.2) is 0 Å². The van der Waals surface area contributed by atoms with E-state index in [4.69, 9.17) is 5.73 Å². The standard InChI is InChI=1S/C15H23FN2/c1-11-9-12(5-6-13(11)16)14(10-17)18-8-4-7-15(18,2)3/h5-6,9,14H,4,7-8,10,17H2,1-3H3. The van der Waals surface area contributed by atoms with Crippen molar-refractivity contribution in [3.8, 4) is 0 Å². The lowest BCUT2D eigenvalue weighted by atomic mass is 9.96. The summed E-state index contributed by atoms with van der Waals surface area (Å²) in [4.78, 5) is 2.46. The van der Waals surface area contributed by atoms with Gasteiger partial charge in [-0.25, -0.2) is 4.39 Å². The molecule has 0 aliphatic carbocycles. The molecule has 1 aliphatic rings. The van der Waals surface area contributed by atoms with Gasteiger partial charge in [0.25, 0.3) is 0 Å². The van der Waals surface area contributed by atoms with Gasteiger partial charge in [-0.15, -0.1) is 0 Å². The van der Waals surface area contributed by atoms with Gasteiger partial charge in [0.05, 0.1) is 0 Å². The van der Waals surface area contributed by atoms with E-state index in [9.17, 15) is 4.39 Å². The van der Waals surface area contributed by atoms with Gasteiger partial charge < -0.3 is 5.73 Å². The average molecular weight is 250 g/mol. The quantitative estimate of drug-likeness (QED) is 0.893. The number of halogens is 1. The lowest BCUT2D eigenvalue weighted by Crippen LogP contribution is -2.43. The Morgan fingerprint density at radius 3 is 2.67 bits per heavy atom. The van der Waals surface area contributed by atoms with E-state index < -0.39 is 0 Å². The van der Waals surface area contributed by atoms with Crippen LogP contribution in [0.2, 0.25) is 0 Å². The summed E-state index contributed by atoms with van der Waals surface area (Å²) < 4.78 is 13.4. The Morgan fingerprint density at radius 1 is 1.44 bits per heavy atom. The number of hydrogen-bond acceptors (Lipinski definition) is 2. The molecule has 1 fully saturated rings. The Morgan fingerprint density at radius 2 is 2.17 bits per heavy atom. The zero-order valence-electron chi connectivity index (χ0n) is 11.5. The fraction of sp³-hybridized carbons (Fsp3) is 0.600. The molecule has 1 aromatic carbocycles. The first-order valence-electron chi connectivity index (χ1n) is 6.68. The van der Waals surface area contributed by atoms with Crippen molar-refractivity contribution in [3.63, 3.8) is 0 Å². The summed E-state index contributed by atoms with van der Waals surface area (Å²) >= 11 is 0. The Bertz CT molecular complexity index is 429. The van der Waals surface area contributed by atoms with Gasteiger partial charge in [-0.3, -0.25) is 4.90 Å². The SMILES string of the molecule is Cc1cc(C(CN)N2CCCC2(C)C)ccc1F. The van der Waals surface area contributed by atoms with Crippen molar-refractivity contribution in [2.45, 2.75) is 45.2 Å². The molecule has 0 saturated carbocycles. The molecule has 1 unspecified atom stereocenters. The van der Waals surface area contributed by atoms with Gasteiger partial charge in [0, 0.05) is 18.1 Å². The first-order valence-corrected chi connectivity index (χ1v) is 6.68. The predicted molar refractivity (Wildman–Crippen MR) is 73.0 cm³/mol. The molecule has 0 amide bonds. The monoisotopic (exact) mass is 250 g/mol. The molecule has 1 heterocycles. The van der Waals surface area contributed by atoms with Gasteiger partial charge in [0.1, 0.15) is 5.82 Å². The Labute approximate surface area is 109 Å². The third-order valence-corrected chi connectivity index (χ3v) is 4.13. The molecule has 1 atom stereocenters. The van der Waals surface area contributed by atoms with Gasteiger partial charge in [-0.2, -0.15) is 0 Å². The van der Waals surface area contributed by atoms with Crippen molar-refractivity contribution in [3.05, 3.63) is 35.1 Å². The Hall–Kier alpha value is -0.930. The van der Waals surface area contributed by atoms with Crippen LogP contribution in [0.3, 0.4) is 0 Å². The Balaban J connectivity index is 2.30. The van der Waals surface area contributed by atoms with Crippen LogP contribution < -0.4 is 5.73 Å². The highest BCUT2D eigenvalue weighted by molar-refractivity contribution is 5.27. The second-order valence-electron chi connectivity index (χ2n) is 5.87. The normalized spacial score (nSPS) is 21.2. The molecule has 1 aliphatic heterocycles. The van der Waals surface area contributed by atoms with E-state index in [1.54, 1.807) is 6.07 Å². The molecular weight excluding hydrogens is 227 g/mol. The molecule has 0 spiro atoms. The van der Waals surface area contributed by atoms with Crippen LogP contribution in [-0.4, -0.2) is 23.5 Å². The van der Waals surface area contributed by atoms with E-state index in [-0.39, 0.29) is 17.4 Å². The van der Waals surface area contributed by atoms with Crippen LogP contribution in [0, 0.1) is 12.7 Å². The molecule has 100 valence electrons. The molecule has 0 bridgehead atoms. The largest absolute Gasteiger partial charge is 0.329 e. The molecule has 0 aromatic heterocycles. The molecule has 3 heteroatoms. The lowest BCUT2D eigenvalue weighted by Gasteiger charge is -2.38. The number of hydrogen-bond donors (Lipinski definition) is 1. The highest BCUT2D eigenvalue weighted by Crippen LogP contribution is 2.36. The second-order valence-corrected chi connectivity index (χ2v) is 5.87. The van der Waals surface area contributed by atoms with Crippen LogP contribution in [0.15, 0.2) is 18.2 Å². The van der Waals surface area contributed by atoms with E-state index >= 15 is 0 Å². The van der Waals surface area contributed by atoms with E-state index in [0.717, 1.165) is 12.1 Å². The van der Waals surface area contributed by atoms with E-state index in [1.165, 1.54) is 12.8 Å². The topological polar surface area (TPSA) is 29.3 Å². The third kappa shape index (κ3) is 2.43. The molecule has 1 saturated heterocycles. The zero-order chi connectivity index (χ0) is 13.3. The fourth-order valence-electron chi connectivity index (χ4n) is 3.02. The third-order valence-electron chi connectivity index (χ3n) is 4.13. The minimum absolute atomic E-state index is 0.143. The summed E-state index contributed by atoms with van der Waals surface area (Å²) in [5.74, 6) is -0.143. The van der Waals surface area contributed by atoms with Crippen LogP contribution in [0.5, 0.6) is 0 Å². The summed E-state index contributed by atoms with van der Waals surface area (Å²) in [5, 5.41) is 0. The van der Waals surface area contributed by atoms with Crippen molar-refractivity contribution in [2.75, 3.05) is 13.1 Å². The van der Waals surface area contributed by atoms with Crippen LogP contribution in [0.25, 0.3) is 0 Å². The maximum atomic E-state index is 13.4. The molecular formula is C15H23FN2. The van der Waals surface area contributed by atoms with Gasteiger partial charge in [-0.1, -0.05) is 12.1 Å². The maximum Gasteiger partial charge on any atom is 0.126 e. The minimum atomic E-state index is -0.143. The first-order chi connectivity index (χ1) is 8.45. The summed E-state index contributed by atoms with van der Waals surface area (Å²) in [6.45, 7) is 7.99. The van der Waals surface area contributed by atoms with E-state index in [0.29, 0.717) is 12.1 Å². The van der Waals surface area contributed by atoms with Gasteiger partial charge in [-0.05, 0) is 57.4 Å². The Kier molecular flexibility index (Phi) is 3.74. The number of aryl methyl sites for hydroxylation is 1. The number of nitrogens with zero attached hydrogens (tertiary/aromatic N) is 1. The number of rotatable bonds is 3. The smallest absolute Gasteiger partial charge is 0.126 e. The second kappa shape index (κ2) is 4.98. The van der Waals surface area contributed by atoms with Gasteiger partial charge in [0.2, 0.25) is 0 Å². The zero-order valence-corrected chi connectivity index (χ0v) is 11.5. The van der Waals surface area contributed by atoms with Crippen LogP contribution >= 0.6 is 0 Å². The van der Waals surface area contributed by atoms with Crippen molar-refractivity contribution in [1.29, 1.82) is 0 Å². The number of benzene rings is 1. The summed E-state index contributed by atoms with van der Waals surface area (Å²) in [6, 6.07) is 5.55. The molecule has 2 nitrogen and oxygen atoms in total. The van der Waals surface area contributed by atoms with Crippen molar-refractivity contribution in [2.24, 2.45) is 5.73 Å². The van der Waals surface area contributed by atoms with Crippen LogP contribution in [-0.2, 0) is 0 Å². The summed E-state index contributed by atoms with van der Waals surface area (Å²) in [6.07, 6.45) is 2.41. The van der Waals surface area contributed by atoms with E-state index in [2.05, 4.69) is 18.7 Å². The molecule has 1 aromatic rings. The molecule has 2 N–H and O–H groups in total. The highest BCUT2D eigenvalue weighted by Gasteiger charge is 2.36. The van der Waals surface area contributed by atoms with Gasteiger partial charge >= 0.3 is 0 Å². The molecule has 18 heavy (non-hydrogen) atoms. The number of nitrogens with two attached hydrogens (primary N) is 1. The lowest BCUT2D eigenvalue weighted by molar-refractivity contribution is 0.119. The van der Waals surface area contributed by atoms with E-state index in [1.807, 2.05) is 19.1 Å². The van der Waals surface area contributed by atoms with Crippen LogP contribution in [0.4, 0.5) is 4.39 Å². The predicted octanol–water partition coefficient (Wildman–Crippen LogP) is 3.01. The van der Waals surface area contributed by atoms with Crippen LogP contribution in [0.1, 0.15) is 43.9 Å². The first kappa shape index (κ1) is 13.5. The maximum absolute atomic E-state index is 13.4. The fourth-order valence-corrected chi connectivity index (χ4v) is 3.02. The summed E-state index contributed by atoms with van der Waals surface area (Å²) in [7, 11) is 0. The molecule has 0 radical (unpaired) electrons. The minimum Gasteiger partial charge on any atom is -0.329 e. The van der Waals surface area contributed by atoms with Crippen molar-refractivity contribution in [1.82, 2.24) is 4.90 Å². The molecule has 2 rings (SSSR count). The number of likely N-dealkylation sites (tertiary alicyclic amines) is 1.